The SMILES string of the molecule is CC(C)(C)[N+]1(c2ccc3c(c2)CCC3O)CC[C@H](NC(=O)O)C1=O. The largest absolute Gasteiger partial charge is 0.465 e. The molecule has 0 aromatic heterocycles. The Balaban J connectivity index is 2.06. The molecular weight excluding hydrogens is 308 g/mol. The molecule has 3 atom stereocenters. The van der Waals surface area contributed by atoms with Gasteiger partial charge in [-0.25, -0.2) is 14.1 Å². The Morgan fingerprint density at radius 2 is 2.00 bits per heavy atom. The number of aliphatic hydroxyl groups is 1. The molecule has 1 aromatic rings. The van der Waals surface area contributed by atoms with Gasteiger partial charge in [-0.3, -0.25) is 0 Å². The zero-order valence-electron chi connectivity index (χ0n) is 14.4. The molecule has 6 heteroatoms. The number of likely N-dealkylation sites (tertiary alicyclic amines) is 1. The van der Waals surface area contributed by atoms with E-state index in [9.17, 15) is 14.7 Å². The zero-order valence-corrected chi connectivity index (χ0v) is 14.4. The molecule has 0 radical (unpaired) electrons. The summed E-state index contributed by atoms with van der Waals surface area (Å²) in [7, 11) is 0. The second-order valence-corrected chi connectivity index (χ2v) is 7.77. The first-order valence-corrected chi connectivity index (χ1v) is 8.40. The molecular formula is C18H25N2O4+. The summed E-state index contributed by atoms with van der Waals surface area (Å²) >= 11 is 0. The number of aliphatic hydroxyl groups excluding tert-OH is 1. The number of rotatable bonds is 2. The Labute approximate surface area is 141 Å². The van der Waals surface area contributed by atoms with Gasteiger partial charge in [0.25, 0.3) is 0 Å². The molecule has 1 saturated heterocycles. The van der Waals surface area contributed by atoms with Crippen molar-refractivity contribution in [3.63, 3.8) is 0 Å². The third kappa shape index (κ3) is 2.41. The highest BCUT2D eigenvalue weighted by Crippen LogP contribution is 2.42. The first-order chi connectivity index (χ1) is 11.2. The molecule has 0 spiro atoms. The average Bonchev–Trinajstić information content (AvgIpc) is 3.00. The van der Waals surface area contributed by atoms with Crippen molar-refractivity contribution in [2.45, 2.75) is 57.7 Å². The molecule has 24 heavy (non-hydrogen) atoms. The van der Waals surface area contributed by atoms with E-state index >= 15 is 0 Å². The van der Waals surface area contributed by atoms with Gasteiger partial charge >= 0.3 is 12.0 Å². The van der Waals surface area contributed by atoms with Crippen LogP contribution >= 0.6 is 0 Å². The normalized spacial score (nSPS) is 29.6. The van der Waals surface area contributed by atoms with E-state index in [0.717, 1.165) is 23.2 Å². The van der Waals surface area contributed by atoms with E-state index < -0.39 is 23.8 Å². The lowest BCUT2D eigenvalue weighted by Crippen LogP contribution is -2.64. The molecule has 6 nitrogen and oxygen atoms in total. The number of benzene rings is 1. The van der Waals surface area contributed by atoms with Gasteiger partial charge in [0, 0.05) is 18.6 Å². The number of carboxylic acid groups (broad SMARTS) is 1. The van der Waals surface area contributed by atoms with Gasteiger partial charge in [-0.2, -0.15) is 0 Å². The summed E-state index contributed by atoms with van der Waals surface area (Å²) in [5.74, 6) is -0.108. The van der Waals surface area contributed by atoms with Crippen LogP contribution in [-0.4, -0.2) is 40.3 Å². The lowest BCUT2D eigenvalue weighted by molar-refractivity contribution is -0.132. The van der Waals surface area contributed by atoms with Gasteiger partial charge in [0.05, 0.1) is 12.6 Å². The maximum absolute atomic E-state index is 13.2. The number of hydrogen-bond acceptors (Lipinski definition) is 3. The number of carbonyl (C=O) groups is 2. The number of nitrogens with zero attached hydrogens (tertiary/aromatic N) is 1. The zero-order chi connectivity index (χ0) is 17.7. The molecule has 1 aromatic carbocycles. The number of amides is 2. The van der Waals surface area contributed by atoms with Crippen LogP contribution in [0.3, 0.4) is 0 Å². The van der Waals surface area contributed by atoms with Gasteiger partial charge < -0.3 is 15.5 Å². The van der Waals surface area contributed by atoms with E-state index in [1.807, 2.05) is 39.0 Å². The molecule has 1 aliphatic heterocycles. The lowest BCUT2D eigenvalue weighted by atomic mass is 9.98. The van der Waals surface area contributed by atoms with Crippen molar-refractivity contribution in [3.8, 4) is 0 Å². The molecule has 3 N–H and O–H groups in total. The van der Waals surface area contributed by atoms with Crippen molar-refractivity contribution in [2.75, 3.05) is 6.54 Å². The lowest BCUT2D eigenvalue weighted by Gasteiger charge is -2.43. The van der Waals surface area contributed by atoms with Crippen molar-refractivity contribution >= 4 is 17.7 Å². The molecule has 1 heterocycles. The van der Waals surface area contributed by atoms with Crippen LogP contribution in [-0.2, 0) is 11.2 Å². The Hall–Kier alpha value is -1.92. The molecule has 130 valence electrons. The number of fused-ring (bicyclic) bond motifs is 1. The highest BCUT2D eigenvalue weighted by molar-refractivity contribution is 5.97. The number of carbonyl (C=O) groups excluding carboxylic acids is 1. The predicted molar refractivity (Wildman–Crippen MR) is 90.7 cm³/mol. The van der Waals surface area contributed by atoms with Crippen LogP contribution in [0.5, 0.6) is 0 Å². The minimum absolute atomic E-state index is 0.108. The summed E-state index contributed by atoms with van der Waals surface area (Å²) in [4.78, 5) is 24.2. The monoisotopic (exact) mass is 333 g/mol. The number of nitrogens with one attached hydrogen (secondary N) is 1. The van der Waals surface area contributed by atoms with E-state index in [0.29, 0.717) is 19.4 Å². The van der Waals surface area contributed by atoms with E-state index in [1.54, 1.807) is 0 Å². The predicted octanol–water partition coefficient (Wildman–Crippen LogP) is 2.34. The van der Waals surface area contributed by atoms with Crippen molar-refractivity contribution in [1.82, 2.24) is 9.80 Å². The van der Waals surface area contributed by atoms with Crippen molar-refractivity contribution in [3.05, 3.63) is 29.3 Å². The summed E-state index contributed by atoms with van der Waals surface area (Å²) in [6.07, 6.45) is 0.416. The van der Waals surface area contributed by atoms with Crippen molar-refractivity contribution in [2.24, 2.45) is 0 Å². The second-order valence-electron chi connectivity index (χ2n) is 7.77. The van der Waals surface area contributed by atoms with Crippen LogP contribution in [0.25, 0.3) is 0 Å². The number of aryl methyl sites for hydroxylation is 1. The summed E-state index contributed by atoms with van der Waals surface area (Å²) in [6.45, 7) is 6.59. The second kappa shape index (κ2) is 5.57. The van der Waals surface area contributed by atoms with Gasteiger partial charge in [-0.05, 0) is 44.7 Å². The average molecular weight is 333 g/mol. The first kappa shape index (κ1) is 16.9. The highest BCUT2D eigenvalue weighted by atomic mass is 16.4. The Morgan fingerprint density at radius 3 is 2.62 bits per heavy atom. The first-order valence-electron chi connectivity index (χ1n) is 8.40. The third-order valence-corrected chi connectivity index (χ3v) is 5.48. The molecule has 3 rings (SSSR count). The summed E-state index contributed by atoms with van der Waals surface area (Å²) in [5, 5.41) is 21.4. The molecule has 0 saturated carbocycles. The van der Waals surface area contributed by atoms with Crippen LogP contribution in [0.1, 0.15) is 50.8 Å². The molecule has 1 aliphatic carbocycles. The third-order valence-electron chi connectivity index (χ3n) is 5.48. The Bertz CT molecular complexity index is 695. The molecule has 2 unspecified atom stereocenters. The van der Waals surface area contributed by atoms with Crippen LogP contribution in [0.2, 0.25) is 0 Å². The van der Waals surface area contributed by atoms with E-state index in [1.165, 1.54) is 0 Å². The molecule has 1 fully saturated rings. The smallest absolute Gasteiger partial charge is 0.405 e. The van der Waals surface area contributed by atoms with Crippen LogP contribution < -0.4 is 9.80 Å². The number of hydrogen-bond donors (Lipinski definition) is 3. The molecule has 2 aliphatic rings. The minimum atomic E-state index is -1.17. The summed E-state index contributed by atoms with van der Waals surface area (Å²) in [6, 6.07) is 5.18. The fourth-order valence-corrected chi connectivity index (χ4v) is 4.23. The van der Waals surface area contributed by atoms with Crippen LogP contribution in [0.15, 0.2) is 18.2 Å². The maximum atomic E-state index is 13.2. The van der Waals surface area contributed by atoms with Crippen molar-refractivity contribution < 1.29 is 19.8 Å². The van der Waals surface area contributed by atoms with Gasteiger partial charge in [0.1, 0.15) is 11.2 Å². The minimum Gasteiger partial charge on any atom is -0.465 e. The van der Waals surface area contributed by atoms with Crippen LogP contribution in [0.4, 0.5) is 10.5 Å². The van der Waals surface area contributed by atoms with Gasteiger partial charge in [-0.15, -0.1) is 0 Å². The standard InChI is InChI=1S/C18H24N2O4/c1-18(2,3)20(9-8-14(16(20)22)19-17(23)24)12-5-6-13-11(10-12)4-7-15(13)21/h5-6,10,14-15,19,21H,4,7-9H2,1-3H3/p+1/t14-,15?,20?/m0/s1. The van der Waals surface area contributed by atoms with Crippen LogP contribution in [0, 0.1) is 0 Å². The number of quaternary nitrogens is 1. The Kier molecular flexibility index (Phi) is 3.92. The van der Waals surface area contributed by atoms with Gasteiger partial charge in [-0.1, -0.05) is 6.07 Å². The topological polar surface area (TPSA) is 86.6 Å². The van der Waals surface area contributed by atoms with E-state index in [4.69, 9.17) is 5.11 Å². The van der Waals surface area contributed by atoms with Gasteiger partial charge in [0.2, 0.25) is 0 Å². The van der Waals surface area contributed by atoms with E-state index in [2.05, 4.69) is 5.32 Å². The summed E-state index contributed by atoms with van der Waals surface area (Å²) < 4.78 is 0.126. The summed E-state index contributed by atoms with van der Waals surface area (Å²) in [5.41, 5.74) is 2.52. The fourth-order valence-electron chi connectivity index (χ4n) is 4.23. The highest BCUT2D eigenvalue weighted by Gasteiger charge is 2.57. The molecule has 2 amide bonds. The van der Waals surface area contributed by atoms with Gasteiger partial charge in [0.15, 0.2) is 6.04 Å². The quantitative estimate of drug-likeness (QED) is 0.725. The Morgan fingerprint density at radius 1 is 1.29 bits per heavy atom. The fraction of sp³-hybridized carbons (Fsp3) is 0.556. The molecule has 0 bridgehead atoms. The maximum Gasteiger partial charge on any atom is 0.405 e. The van der Waals surface area contributed by atoms with E-state index in [-0.39, 0.29) is 10.4 Å². The van der Waals surface area contributed by atoms with Crippen molar-refractivity contribution in [1.29, 1.82) is 0 Å².